The molecule has 0 unspecified atom stereocenters. The van der Waals surface area contributed by atoms with Gasteiger partial charge in [-0.15, -0.1) is 0 Å². The number of hydrogen-bond donors (Lipinski definition) is 1. The molecule has 1 N–H and O–H groups in total. The van der Waals surface area contributed by atoms with Crippen molar-refractivity contribution in [3.05, 3.63) is 64.1 Å². The van der Waals surface area contributed by atoms with Crippen molar-refractivity contribution in [1.29, 1.82) is 0 Å². The molecule has 2 rings (SSSR count). The van der Waals surface area contributed by atoms with Crippen LogP contribution in [0, 0.1) is 0 Å². The fraction of sp³-hybridized carbons (Fsp3) is 0.364. The van der Waals surface area contributed by atoms with Crippen molar-refractivity contribution in [2.75, 3.05) is 0 Å². The fourth-order valence-corrected chi connectivity index (χ4v) is 3.07. The minimum atomic E-state index is -0.0460. The number of amides is 1. The van der Waals surface area contributed by atoms with Crippen LogP contribution in [-0.4, -0.2) is 12.1 Å². The second-order valence-corrected chi connectivity index (χ2v) is 7.33. The molecule has 0 bridgehead atoms. The molecule has 0 radical (unpaired) electrons. The topological polar surface area (TPSA) is 50.7 Å². The van der Waals surface area contributed by atoms with E-state index in [0.717, 1.165) is 34.2 Å². The second kappa shape index (κ2) is 12.3. The quantitative estimate of drug-likeness (QED) is 0.276. The number of nitrogens with one attached hydrogen (secondary N) is 1. The molecule has 4 nitrogen and oxygen atoms in total. The van der Waals surface area contributed by atoms with Gasteiger partial charge in [0.25, 0.3) is 0 Å². The molecule has 0 heterocycles. The number of para-hydroxylation sites is 1. The van der Waals surface area contributed by atoms with Gasteiger partial charge in [-0.3, -0.25) is 4.79 Å². The van der Waals surface area contributed by atoms with Gasteiger partial charge >= 0.3 is 0 Å². The first kappa shape index (κ1) is 21.2. The Morgan fingerprint density at radius 3 is 2.74 bits per heavy atom. The SMILES string of the molecule is CCCCCCCC(=O)N/N=C\c1ccccc1OCc1cccc(Br)c1. The number of carbonyl (C=O) groups is 1. The van der Waals surface area contributed by atoms with Crippen LogP contribution in [0.25, 0.3) is 0 Å². The lowest BCUT2D eigenvalue weighted by Gasteiger charge is -2.09. The molecular formula is C22H27BrN2O2. The summed E-state index contributed by atoms with van der Waals surface area (Å²) in [6, 6.07) is 15.7. The van der Waals surface area contributed by atoms with Crippen molar-refractivity contribution < 1.29 is 9.53 Å². The highest BCUT2D eigenvalue weighted by atomic mass is 79.9. The first-order valence-corrected chi connectivity index (χ1v) is 10.3. The summed E-state index contributed by atoms with van der Waals surface area (Å²) < 4.78 is 6.94. The zero-order valence-electron chi connectivity index (χ0n) is 15.8. The van der Waals surface area contributed by atoms with Gasteiger partial charge in [-0.1, -0.05) is 72.8 Å². The first-order chi connectivity index (χ1) is 13.2. The molecule has 0 aromatic heterocycles. The number of ether oxygens (including phenoxy) is 1. The Hall–Kier alpha value is -2.14. The largest absolute Gasteiger partial charge is 0.488 e. The summed E-state index contributed by atoms with van der Waals surface area (Å²) in [5, 5.41) is 4.07. The molecular weight excluding hydrogens is 404 g/mol. The highest BCUT2D eigenvalue weighted by Gasteiger charge is 2.03. The molecule has 2 aromatic rings. The van der Waals surface area contributed by atoms with Gasteiger partial charge in [0.15, 0.2) is 0 Å². The van der Waals surface area contributed by atoms with E-state index in [2.05, 4.69) is 33.4 Å². The van der Waals surface area contributed by atoms with Gasteiger partial charge in [0.1, 0.15) is 12.4 Å². The standard InChI is InChI=1S/C22H27BrN2O2/c1-2-3-4-5-6-14-22(26)25-24-16-19-11-7-8-13-21(19)27-17-18-10-9-12-20(23)15-18/h7-13,15-16H,2-6,14,17H2,1H3,(H,25,26)/b24-16-. The van der Waals surface area contributed by atoms with E-state index in [1.807, 2.05) is 48.5 Å². The van der Waals surface area contributed by atoms with E-state index in [1.165, 1.54) is 19.3 Å². The number of nitrogens with zero attached hydrogens (tertiary/aromatic N) is 1. The minimum Gasteiger partial charge on any atom is -0.488 e. The summed E-state index contributed by atoms with van der Waals surface area (Å²) >= 11 is 3.46. The number of benzene rings is 2. The predicted molar refractivity (Wildman–Crippen MR) is 114 cm³/mol. The third-order valence-corrected chi connectivity index (χ3v) is 4.60. The summed E-state index contributed by atoms with van der Waals surface area (Å²) in [7, 11) is 0. The molecule has 0 fully saturated rings. The van der Waals surface area contributed by atoms with Gasteiger partial charge in [0.2, 0.25) is 5.91 Å². The summed E-state index contributed by atoms with van der Waals surface area (Å²) in [4.78, 5) is 11.8. The van der Waals surface area contributed by atoms with Crippen LogP contribution in [0.4, 0.5) is 0 Å². The summed E-state index contributed by atoms with van der Waals surface area (Å²) in [5.74, 6) is 0.685. The Balaban J connectivity index is 1.82. The van der Waals surface area contributed by atoms with Crippen molar-refractivity contribution in [2.45, 2.75) is 52.1 Å². The number of halogens is 1. The number of hydrogen-bond acceptors (Lipinski definition) is 3. The summed E-state index contributed by atoms with van der Waals surface area (Å²) in [5.41, 5.74) is 4.51. The predicted octanol–water partition coefficient (Wildman–Crippen LogP) is 5.84. The molecule has 2 aromatic carbocycles. The van der Waals surface area contributed by atoms with Crippen LogP contribution in [0.15, 0.2) is 58.1 Å². The number of rotatable bonds is 11. The normalized spacial score (nSPS) is 10.9. The molecule has 0 aliphatic rings. The third-order valence-electron chi connectivity index (χ3n) is 4.10. The van der Waals surface area contributed by atoms with E-state index in [-0.39, 0.29) is 5.91 Å². The van der Waals surface area contributed by atoms with E-state index < -0.39 is 0 Å². The smallest absolute Gasteiger partial charge is 0.240 e. The molecule has 144 valence electrons. The Morgan fingerprint density at radius 1 is 1.11 bits per heavy atom. The van der Waals surface area contributed by atoms with Crippen LogP contribution in [0.3, 0.4) is 0 Å². The van der Waals surface area contributed by atoms with Gasteiger partial charge in [-0.2, -0.15) is 5.10 Å². The van der Waals surface area contributed by atoms with Crippen LogP contribution in [0.2, 0.25) is 0 Å². The van der Waals surface area contributed by atoms with E-state index in [1.54, 1.807) is 6.21 Å². The van der Waals surface area contributed by atoms with E-state index in [4.69, 9.17) is 4.74 Å². The Morgan fingerprint density at radius 2 is 1.93 bits per heavy atom. The van der Waals surface area contributed by atoms with Crippen molar-refractivity contribution in [3.63, 3.8) is 0 Å². The number of hydrazone groups is 1. The van der Waals surface area contributed by atoms with E-state index in [0.29, 0.717) is 13.0 Å². The average Bonchev–Trinajstić information content (AvgIpc) is 2.67. The van der Waals surface area contributed by atoms with Gasteiger partial charge < -0.3 is 4.74 Å². The van der Waals surface area contributed by atoms with Crippen molar-refractivity contribution in [1.82, 2.24) is 5.43 Å². The van der Waals surface area contributed by atoms with Crippen molar-refractivity contribution >= 4 is 28.1 Å². The third kappa shape index (κ3) is 8.39. The van der Waals surface area contributed by atoms with Gasteiger partial charge in [-0.05, 0) is 36.2 Å². The molecule has 0 spiro atoms. The Labute approximate surface area is 170 Å². The Bertz CT molecular complexity index is 747. The van der Waals surface area contributed by atoms with Crippen LogP contribution >= 0.6 is 15.9 Å². The second-order valence-electron chi connectivity index (χ2n) is 6.41. The zero-order chi connectivity index (χ0) is 19.3. The van der Waals surface area contributed by atoms with Gasteiger partial charge in [0, 0.05) is 16.5 Å². The fourth-order valence-electron chi connectivity index (χ4n) is 2.63. The molecule has 0 saturated heterocycles. The van der Waals surface area contributed by atoms with E-state index in [9.17, 15) is 4.79 Å². The van der Waals surface area contributed by atoms with E-state index >= 15 is 0 Å². The van der Waals surface area contributed by atoms with Gasteiger partial charge in [0.05, 0.1) is 6.21 Å². The molecule has 0 aliphatic carbocycles. The molecule has 5 heteroatoms. The van der Waals surface area contributed by atoms with Crippen LogP contribution in [0.5, 0.6) is 5.75 Å². The zero-order valence-corrected chi connectivity index (χ0v) is 17.4. The van der Waals surface area contributed by atoms with Crippen LogP contribution in [-0.2, 0) is 11.4 Å². The molecule has 0 atom stereocenters. The van der Waals surface area contributed by atoms with Gasteiger partial charge in [-0.25, -0.2) is 5.43 Å². The maximum Gasteiger partial charge on any atom is 0.240 e. The average molecular weight is 431 g/mol. The summed E-state index contributed by atoms with van der Waals surface area (Å²) in [6.07, 6.45) is 7.78. The highest BCUT2D eigenvalue weighted by molar-refractivity contribution is 9.10. The molecule has 1 amide bonds. The van der Waals surface area contributed by atoms with Crippen molar-refractivity contribution in [3.8, 4) is 5.75 Å². The molecule has 27 heavy (non-hydrogen) atoms. The lowest BCUT2D eigenvalue weighted by atomic mass is 10.1. The minimum absolute atomic E-state index is 0.0460. The lowest BCUT2D eigenvalue weighted by Crippen LogP contribution is -2.17. The monoisotopic (exact) mass is 430 g/mol. The molecule has 0 aliphatic heterocycles. The first-order valence-electron chi connectivity index (χ1n) is 9.47. The Kier molecular flexibility index (Phi) is 9.63. The maximum absolute atomic E-state index is 11.8. The highest BCUT2D eigenvalue weighted by Crippen LogP contribution is 2.19. The van der Waals surface area contributed by atoms with Crippen molar-refractivity contribution in [2.24, 2.45) is 5.10 Å². The van der Waals surface area contributed by atoms with Crippen LogP contribution < -0.4 is 10.2 Å². The number of unbranched alkanes of at least 4 members (excludes halogenated alkanes) is 4. The molecule has 0 saturated carbocycles. The van der Waals surface area contributed by atoms with Crippen LogP contribution in [0.1, 0.15) is 56.6 Å². The number of carbonyl (C=O) groups excluding carboxylic acids is 1. The summed E-state index contributed by atoms with van der Waals surface area (Å²) in [6.45, 7) is 2.65. The maximum atomic E-state index is 11.8. The lowest BCUT2D eigenvalue weighted by molar-refractivity contribution is -0.121.